The van der Waals surface area contributed by atoms with E-state index in [0.717, 1.165) is 47.2 Å². The molecular weight excluding hydrogens is 502 g/mol. The van der Waals surface area contributed by atoms with Gasteiger partial charge in [-0.2, -0.15) is 0 Å². The number of fused-ring (bicyclic) bond motifs is 2. The number of hydrogen-bond acceptors (Lipinski definition) is 7. The van der Waals surface area contributed by atoms with Crippen LogP contribution in [0, 0.1) is 0 Å². The lowest BCUT2D eigenvalue weighted by atomic mass is 9.90. The number of carbonyl (C=O) groups is 3. The van der Waals surface area contributed by atoms with E-state index in [1.165, 1.54) is 18.4 Å². The van der Waals surface area contributed by atoms with Crippen LogP contribution in [0.15, 0.2) is 24.3 Å². The Hall–Kier alpha value is -2.95. The van der Waals surface area contributed by atoms with Crippen LogP contribution in [0.4, 0.5) is 0 Å². The van der Waals surface area contributed by atoms with Crippen molar-refractivity contribution in [1.82, 2.24) is 25.5 Å². The molecule has 1 aliphatic heterocycles. The molecule has 11 heteroatoms. The van der Waals surface area contributed by atoms with Gasteiger partial charge in [-0.25, -0.2) is 4.98 Å². The fourth-order valence-corrected chi connectivity index (χ4v) is 6.14. The number of ether oxygens (including phenoxy) is 1. The van der Waals surface area contributed by atoms with Crippen LogP contribution >= 0.6 is 22.9 Å². The number of methoxy groups -OCH3 is 1. The largest absolute Gasteiger partial charge is 0.468 e. The third-order valence-corrected chi connectivity index (χ3v) is 8.13. The summed E-state index contributed by atoms with van der Waals surface area (Å²) >= 11 is 7.43. The van der Waals surface area contributed by atoms with Crippen molar-refractivity contribution in [2.75, 3.05) is 20.2 Å². The van der Waals surface area contributed by atoms with Gasteiger partial charge in [0.25, 0.3) is 11.8 Å². The van der Waals surface area contributed by atoms with Crippen LogP contribution in [-0.2, 0) is 22.5 Å². The second-order valence-corrected chi connectivity index (χ2v) is 10.8. The van der Waals surface area contributed by atoms with E-state index >= 15 is 0 Å². The predicted molar refractivity (Wildman–Crippen MR) is 137 cm³/mol. The second-order valence-electron chi connectivity index (χ2n) is 9.28. The Kier molecular flexibility index (Phi) is 7.27. The first-order valence-electron chi connectivity index (χ1n) is 12.1. The Morgan fingerprint density at radius 1 is 1.17 bits per heavy atom. The average Bonchev–Trinajstić information content (AvgIpc) is 3.49. The zero-order chi connectivity index (χ0) is 25.2. The van der Waals surface area contributed by atoms with E-state index in [9.17, 15) is 14.4 Å². The number of amides is 2. The summed E-state index contributed by atoms with van der Waals surface area (Å²) in [5.74, 6) is -0.702. The van der Waals surface area contributed by atoms with Crippen LogP contribution in [0.1, 0.15) is 56.5 Å². The Balaban J connectivity index is 1.23. The van der Waals surface area contributed by atoms with E-state index in [2.05, 4.69) is 20.6 Å². The van der Waals surface area contributed by atoms with Gasteiger partial charge in [-0.1, -0.05) is 24.4 Å². The summed E-state index contributed by atoms with van der Waals surface area (Å²) in [6, 6.07) is 6.88. The third kappa shape index (κ3) is 5.40. The van der Waals surface area contributed by atoms with Crippen molar-refractivity contribution in [2.24, 2.45) is 0 Å². The zero-order valence-corrected chi connectivity index (χ0v) is 21.5. The van der Waals surface area contributed by atoms with Gasteiger partial charge in [-0.05, 0) is 37.1 Å². The highest BCUT2D eigenvalue weighted by atomic mass is 35.5. The Bertz CT molecular complexity index is 1300. The Labute approximate surface area is 217 Å². The van der Waals surface area contributed by atoms with Crippen LogP contribution in [0.5, 0.6) is 0 Å². The van der Waals surface area contributed by atoms with Gasteiger partial charge in [-0.3, -0.25) is 19.3 Å². The van der Waals surface area contributed by atoms with E-state index in [-0.39, 0.29) is 36.4 Å². The second kappa shape index (κ2) is 10.6. The summed E-state index contributed by atoms with van der Waals surface area (Å²) in [5, 5.41) is 8.14. The summed E-state index contributed by atoms with van der Waals surface area (Å²) in [6.45, 7) is 1.50. The monoisotopic (exact) mass is 529 g/mol. The van der Waals surface area contributed by atoms with E-state index in [1.807, 2.05) is 17.0 Å². The number of hydrogen-bond donors (Lipinski definition) is 3. The number of carbonyl (C=O) groups excluding carboxylic acids is 3. The standard InChI is InChI=1S/C25H28ClN5O4S/c1-35-22(32)13-31-9-8-19-21(12-31)36-25(30-19)24(34)29-18-5-3-2-4-17(18)28-23(33)20-11-14-10-15(26)6-7-16(14)27-20/h6-7,10-11,17-18,27H,2-5,8-9,12-13H2,1H3,(H,28,33)(H,29,34)/t17-,18+/m0/s1. The van der Waals surface area contributed by atoms with Crippen LogP contribution in [0.25, 0.3) is 10.9 Å². The number of aromatic nitrogens is 2. The maximum absolute atomic E-state index is 13.1. The van der Waals surface area contributed by atoms with Crippen molar-refractivity contribution in [2.45, 2.75) is 50.7 Å². The lowest BCUT2D eigenvalue weighted by Crippen LogP contribution is -2.53. The summed E-state index contributed by atoms with van der Waals surface area (Å²) in [5.41, 5.74) is 2.22. The maximum atomic E-state index is 13.1. The van der Waals surface area contributed by atoms with E-state index in [0.29, 0.717) is 35.2 Å². The zero-order valence-electron chi connectivity index (χ0n) is 19.9. The van der Waals surface area contributed by atoms with Crippen LogP contribution in [-0.4, -0.2) is 64.9 Å². The van der Waals surface area contributed by atoms with Crippen molar-refractivity contribution >= 4 is 51.6 Å². The van der Waals surface area contributed by atoms with Gasteiger partial charge < -0.3 is 20.4 Å². The van der Waals surface area contributed by atoms with Gasteiger partial charge in [0.1, 0.15) is 5.69 Å². The molecule has 0 unspecified atom stereocenters. The topological polar surface area (TPSA) is 116 Å². The SMILES string of the molecule is COC(=O)CN1CCc2nc(C(=O)N[C@@H]3CCCC[C@@H]3NC(=O)c3cc4cc(Cl)ccc4[nH]3)sc2C1. The van der Waals surface area contributed by atoms with E-state index < -0.39 is 0 Å². The van der Waals surface area contributed by atoms with Gasteiger partial charge in [-0.15, -0.1) is 11.3 Å². The minimum atomic E-state index is -0.275. The highest BCUT2D eigenvalue weighted by Crippen LogP contribution is 2.26. The first-order chi connectivity index (χ1) is 17.4. The Morgan fingerprint density at radius 2 is 1.92 bits per heavy atom. The molecule has 0 spiro atoms. The van der Waals surface area contributed by atoms with Crippen molar-refractivity contribution < 1.29 is 19.1 Å². The van der Waals surface area contributed by atoms with Crippen LogP contribution in [0.3, 0.4) is 0 Å². The smallest absolute Gasteiger partial charge is 0.319 e. The fourth-order valence-electron chi connectivity index (χ4n) is 4.91. The summed E-state index contributed by atoms with van der Waals surface area (Å²) in [4.78, 5) is 48.4. The van der Waals surface area contributed by atoms with Gasteiger partial charge in [0.2, 0.25) is 0 Å². The number of esters is 1. The number of aromatic amines is 1. The molecule has 0 radical (unpaired) electrons. The molecule has 2 aliphatic rings. The lowest BCUT2D eigenvalue weighted by molar-refractivity contribution is -0.142. The molecule has 9 nitrogen and oxygen atoms in total. The van der Waals surface area contributed by atoms with Crippen LogP contribution < -0.4 is 10.6 Å². The molecular formula is C25H28ClN5O4S. The number of nitrogens with one attached hydrogen (secondary N) is 3. The number of H-pyrrole nitrogens is 1. The molecule has 190 valence electrons. The highest BCUT2D eigenvalue weighted by molar-refractivity contribution is 7.13. The van der Waals surface area contributed by atoms with Gasteiger partial charge in [0.05, 0.1) is 19.3 Å². The number of rotatable bonds is 6. The molecule has 36 heavy (non-hydrogen) atoms. The quantitative estimate of drug-likeness (QED) is 0.422. The predicted octanol–water partition coefficient (Wildman–Crippen LogP) is 3.28. The summed E-state index contributed by atoms with van der Waals surface area (Å²) < 4.78 is 4.76. The molecule has 1 fully saturated rings. The fraction of sp³-hybridized carbons (Fsp3) is 0.440. The average molecular weight is 530 g/mol. The molecule has 2 amide bonds. The molecule has 3 aromatic rings. The summed E-state index contributed by atoms with van der Waals surface area (Å²) in [6.07, 6.45) is 4.24. The molecule has 3 N–H and O–H groups in total. The molecule has 1 aliphatic carbocycles. The van der Waals surface area contributed by atoms with Crippen molar-refractivity contribution in [1.29, 1.82) is 0 Å². The van der Waals surface area contributed by atoms with Gasteiger partial charge in [0, 0.05) is 52.4 Å². The van der Waals surface area contributed by atoms with Crippen molar-refractivity contribution in [3.05, 3.63) is 50.6 Å². The molecule has 1 saturated carbocycles. The third-order valence-electron chi connectivity index (χ3n) is 6.81. The summed E-state index contributed by atoms with van der Waals surface area (Å²) in [7, 11) is 1.38. The molecule has 1 aromatic carbocycles. The first kappa shape index (κ1) is 24.7. The number of halogens is 1. The molecule has 2 atom stereocenters. The molecule has 0 saturated heterocycles. The molecule has 2 aromatic heterocycles. The van der Waals surface area contributed by atoms with Crippen LogP contribution in [0.2, 0.25) is 5.02 Å². The minimum absolute atomic E-state index is 0.171. The number of benzene rings is 1. The molecule has 3 heterocycles. The molecule has 5 rings (SSSR count). The number of thiazole rings is 1. The first-order valence-corrected chi connectivity index (χ1v) is 13.3. The normalized spacial score (nSPS) is 20.1. The minimum Gasteiger partial charge on any atom is -0.468 e. The van der Waals surface area contributed by atoms with E-state index in [4.69, 9.17) is 16.3 Å². The van der Waals surface area contributed by atoms with Gasteiger partial charge in [0.15, 0.2) is 5.01 Å². The maximum Gasteiger partial charge on any atom is 0.319 e. The lowest BCUT2D eigenvalue weighted by Gasteiger charge is -2.32. The van der Waals surface area contributed by atoms with Crippen molar-refractivity contribution in [3.63, 3.8) is 0 Å². The highest BCUT2D eigenvalue weighted by Gasteiger charge is 2.31. The Morgan fingerprint density at radius 3 is 2.67 bits per heavy atom. The number of nitrogens with zero attached hydrogens (tertiary/aromatic N) is 2. The molecule has 0 bridgehead atoms. The van der Waals surface area contributed by atoms with E-state index in [1.54, 1.807) is 12.1 Å². The van der Waals surface area contributed by atoms with Crippen molar-refractivity contribution in [3.8, 4) is 0 Å². The van der Waals surface area contributed by atoms with Gasteiger partial charge >= 0.3 is 5.97 Å².